The molecule has 2 aromatic rings. The lowest BCUT2D eigenvalue weighted by atomic mass is 9.97. The fraction of sp³-hybridized carbons (Fsp3) is 0.500. The van der Waals surface area contributed by atoms with Gasteiger partial charge >= 0.3 is 6.09 Å². The highest BCUT2D eigenvalue weighted by atomic mass is 16.6. The van der Waals surface area contributed by atoms with Crippen LogP contribution in [0.3, 0.4) is 0 Å². The Balaban J connectivity index is 2.52. The highest BCUT2D eigenvalue weighted by Gasteiger charge is 2.37. The lowest BCUT2D eigenvalue weighted by Gasteiger charge is -2.35. The first-order chi connectivity index (χ1) is 17.3. The number of nitrogens with one attached hydrogen (secondary N) is 2. The molecule has 7 nitrogen and oxygen atoms in total. The van der Waals surface area contributed by atoms with Crippen molar-refractivity contribution in [1.82, 2.24) is 10.2 Å². The molecular weight excluding hydrogens is 466 g/mol. The summed E-state index contributed by atoms with van der Waals surface area (Å²) in [5.74, 6) is -0.841. The van der Waals surface area contributed by atoms with Crippen molar-refractivity contribution >= 4 is 23.6 Å². The zero-order valence-corrected chi connectivity index (χ0v) is 23.6. The summed E-state index contributed by atoms with van der Waals surface area (Å²) < 4.78 is 5.43. The minimum Gasteiger partial charge on any atom is -0.444 e. The molecule has 0 saturated heterocycles. The minimum atomic E-state index is -0.875. The summed E-state index contributed by atoms with van der Waals surface area (Å²) in [5, 5.41) is 5.80. The van der Waals surface area contributed by atoms with Crippen LogP contribution >= 0.6 is 0 Å². The van der Waals surface area contributed by atoms with Crippen LogP contribution in [0, 0.1) is 19.8 Å². The van der Waals surface area contributed by atoms with E-state index < -0.39 is 23.8 Å². The molecule has 0 fully saturated rings. The number of anilines is 1. The molecule has 2 rings (SSSR count). The monoisotopic (exact) mass is 509 g/mol. The van der Waals surface area contributed by atoms with Gasteiger partial charge in [-0.3, -0.25) is 9.59 Å². The van der Waals surface area contributed by atoms with E-state index in [2.05, 4.69) is 10.6 Å². The third kappa shape index (κ3) is 8.92. The molecule has 0 radical (unpaired) electrons. The van der Waals surface area contributed by atoms with Crippen molar-refractivity contribution in [2.24, 2.45) is 5.92 Å². The third-order valence-electron chi connectivity index (χ3n) is 5.96. The number of benzene rings is 2. The number of hydrogen-bond donors (Lipinski definition) is 2. The fourth-order valence-corrected chi connectivity index (χ4v) is 4.05. The van der Waals surface area contributed by atoms with Gasteiger partial charge in [0, 0.05) is 12.2 Å². The summed E-state index contributed by atoms with van der Waals surface area (Å²) in [4.78, 5) is 42.2. The number of carbonyl (C=O) groups excluding carboxylic acids is 3. The van der Waals surface area contributed by atoms with Gasteiger partial charge in [-0.2, -0.15) is 0 Å². The van der Waals surface area contributed by atoms with E-state index in [1.165, 1.54) is 0 Å². The van der Waals surface area contributed by atoms with Crippen molar-refractivity contribution in [2.45, 2.75) is 85.9 Å². The SMILES string of the molecule is CCCCN(C(=O)C(NC(=O)OC(C)(C)C)C(C)C)C(C(=O)Nc1ccccc1C)c1cccc(C)c1. The number of para-hydroxylation sites is 1. The van der Waals surface area contributed by atoms with Crippen molar-refractivity contribution in [3.05, 3.63) is 65.2 Å². The highest BCUT2D eigenvalue weighted by molar-refractivity contribution is 5.99. The van der Waals surface area contributed by atoms with Crippen LogP contribution in [0.1, 0.15) is 77.1 Å². The van der Waals surface area contributed by atoms with Crippen molar-refractivity contribution in [3.63, 3.8) is 0 Å². The van der Waals surface area contributed by atoms with Crippen LogP contribution in [-0.2, 0) is 14.3 Å². The molecule has 0 heterocycles. The van der Waals surface area contributed by atoms with E-state index in [0.29, 0.717) is 18.7 Å². The Hall–Kier alpha value is -3.35. The average molecular weight is 510 g/mol. The number of rotatable bonds is 10. The third-order valence-corrected chi connectivity index (χ3v) is 5.96. The van der Waals surface area contributed by atoms with Gasteiger partial charge in [-0.15, -0.1) is 0 Å². The quantitative estimate of drug-likeness (QED) is 0.401. The zero-order valence-electron chi connectivity index (χ0n) is 23.6. The van der Waals surface area contributed by atoms with Gasteiger partial charge in [-0.25, -0.2) is 4.79 Å². The van der Waals surface area contributed by atoms with Gasteiger partial charge in [0.15, 0.2) is 0 Å². The summed E-state index contributed by atoms with van der Waals surface area (Å²) in [6.07, 6.45) is 0.893. The summed E-state index contributed by atoms with van der Waals surface area (Å²) in [7, 11) is 0. The van der Waals surface area contributed by atoms with Gasteiger partial charge < -0.3 is 20.3 Å². The first-order valence-corrected chi connectivity index (χ1v) is 13.1. The van der Waals surface area contributed by atoms with E-state index in [1.54, 1.807) is 25.7 Å². The number of amides is 3. The molecule has 202 valence electrons. The van der Waals surface area contributed by atoms with Crippen molar-refractivity contribution < 1.29 is 19.1 Å². The van der Waals surface area contributed by atoms with Crippen molar-refractivity contribution in [1.29, 1.82) is 0 Å². The second-order valence-electron chi connectivity index (χ2n) is 10.9. The number of aryl methyl sites for hydroxylation is 2. The van der Waals surface area contributed by atoms with Gasteiger partial charge in [0.1, 0.15) is 17.7 Å². The predicted octanol–water partition coefficient (Wildman–Crippen LogP) is 6.16. The lowest BCUT2D eigenvalue weighted by Crippen LogP contribution is -2.54. The van der Waals surface area contributed by atoms with E-state index in [4.69, 9.17) is 4.74 Å². The van der Waals surface area contributed by atoms with Gasteiger partial charge in [-0.05, 0) is 64.2 Å². The zero-order chi connectivity index (χ0) is 27.8. The lowest BCUT2D eigenvalue weighted by molar-refractivity contribution is -0.141. The van der Waals surface area contributed by atoms with Crippen LogP contribution < -0.4 is 10.6 Å². The summed E-state index contributed by atoms with van der Waals surface area (Å²) in [6.45, 7) is 15.4. The Bertz CT molecular complexity index is 1070. The minimum absolute atomic E-state index is 0.221. The number of carbonyl (C=O) groups is 3. The smallest absolute Gasteiger partial charge is 0.408 e. The van der Waals surface area contributed by atoms with E-state index in [0.717, 1.165) is 23.1 Å². The molecule has 37 heavy (non-hydrogen) atoms. The Morgan fingerprint density at radius 2 is 1.68 bits per heavy atom. The van der Waals surface area contributed by atoms with Crippen LogP contribution in [0.5, 0.6) is 0 Å². The molecule has 0 aliphatic rings. The number of hydrogen-bond acceptors (Lipinski definition) is 4. The van der Waals surface area contributed by atoms with Gasteiger partial charge in [0.05, 0.1) is 0 Å². The molecule has 2 unspecified atom stereocenters. The topological polar surface area (TPSA) is 87.7 Å². The molecule has 7 heteroatoms. The number of unbranched alkanes of at least 4 members (excludes halogenated alkanes) is 1. The van der Waals surface area contributed by atoms with E-state index in [-0.39, 0.29) is 17.7 Å². The molecule has 2 N–H and O–H groups in total. The predicted molar refractivity (Wildman–Crippen MR) is 148 cm³/mol. The summed E-state index contributed by atoms with van der Waals surface area (Å²) in [6, 6.07) is 13.5. The first kappa shape index (κ1) is 29.9. The van der Waals surface area contributed by atoms with E-state index in [1.807, 2.05) is 83.1 Å². The Kier molecular flexibility index (Phi) is 10.7. The molecule has 2 atom stereocenters. The number of nitrogens with zero attached hydrogens (tertiary/aromatic N) is 1. The van der Waals surface area contributed by atoms with Crippen molar-refractivity contribution in [2.75, 3.05) is 11.9 Å². The molecule has 0 aliphatic carbocycles. The largest absolute Gasteiger partial charge is 0.444 e. The van der Waals surface area contributed by atoms with E-state index in [9.17, 15) is 14.4 Å². The maximum Gasteiger partial charge on any atom is 0.408 e. The van der Waals surface area contributed by atoms with Gasteiger partial charge in [0.2, 0.25) is 5.91 Å². The van der Waals surface area contributed by atoms with E-state index >= 15 is 0 Å². The first-order valence-electron chi connectivity index (χ1n) is 13.1. The van der Waals surface area contributed by atoms with Crippen LogP contribution in [0.2, 0.25) is 0 Å². The summed E-state index contributed by atoms with van der Waals surface area (Å²) >= 11 is 0. The highest BCUT2D eigenvalue weighted by Crippen LogP contribution is 2.27. The van der Waals surface area contributed by atoms with Gasteiger partial charge in [-0.1, -0.05) is 75.2 Å². The van der Waals surface area contributed by atoms with Crippen LogP contribution in [0.4, 0.5) is 10.5 Å². The maximum atomic E-state index is 14.1. The molecule has 0 aliphatic heterocycles. The second-order valence-corrected chi connectivity index (χ2v) is 10.9. The van der Waals surface area contributed by atoms with Crippen LogP contribution in [-0.4, -0.2) is 41.0 Å². The standard InChI is InChI=1S/C30H43N3O4/c1-9-10-18-33(28(35)25(20(2)3)32-29(36)37-30(6,7)8)26(23-16-13-14-21(4)19-23)27(34)31-24-17-12-11-15-22(24)5/h11-17,19-20,25-26H,9-10,18H2,1-8H3,(H,31,34)(H,32,36). The van der Waals surface area contributed by atoms with Crippen molar-refractivity contribution in [3.8, 4) is 0 Å². The average Bonchev–Trinajstić information content (AvgIpc) is 2.79. The molecule has 0 aromatic heterocycles. The normalized spacial score (nSPS) is 13.0. The molecule has 0 spiro atoms. The van der Waals surface area contributed by atoms with Crippen LogP contribution in [0.15, 0.2) is 48.5 Å². The second kappa shape index (κ2) is 13.3. The molecular formula is C30H43N3O4. The number of ether oxygens (including phenoxy) is 1. The Labute approximate surface area is 222 Å². The fourth-order valence-electron chi connectivity index (χ4n) is 4.05. The Morgan fingerprint density at radius 1 is 1.00 bits per heavy atom. The summed E-state index contributed by atoms with van der Waals surface area (Å²) in [5.41, 5.74) is 2.63. The number of alkyl carbamates (subject to hydrolysis) is 1. The van der Waals surface area contributed by atoms with Crippen LogP contribution in [0.25, 0.3) is 0 Å². The Morgan fingerprint density at radius 3 is 2.24 bits per heavy atom. The molecule has 0 saturated carbocycles. The van der Waals surface area contributed by atoms with Gasteiger partial charge in [0.25, 0.3) is 5.91 Å². The molecule has 3 amide bonds. The molecule has 0 bridgehead atoms. The molecule has 2 aromatic carbocycles. The maximum absolute atomic E-state index is 14.1.